The summed E-state index contributed by atoms with van der Waals surface area (Å²) in [5, 5.41) is 0. The summed E-state index contributed by atoms with van der Waals surface area (Å²) in [4.78, 5) is 14.3. The summed E-state index contributed by atoms with van der Waals surface area (Å²) in [6.07, 6.45) is 0.970. The third-order valence-electron chi connectivity index (χ3n) is 3.19. The zero-order chi connectivity index (χ0) is 15.8. The molecular weight excluding hydrogens is 262 g/mol. The van der Waals surface area contributed by atoms with Crippen LogP contribution in [0.5, 0.6) is 5.75 Å². The highest BCUT2D eigenvalue weighted by atomic mass is 16.5. The Labute approximate surface area is 129 Å². The van der Waals surface area contributed by atoms with Crippen LogP contribution in [0.3, 0.4) is 0 Å². The first-order valence-electron chi connectivity index (χ1n) is 7.91. The standard InChI is InChI=1S/C18H29NO2/c1-6-16-8-7-9-17(10-16)21-13-18(20)19(11-14(2)3)12-15(4)5/h7-10,14-15H,6,11-13H2,1-5H3. The van der Waals surface area contributed by atoms with Gasteiger partial charge in [-0.2, -0.15) is 0 Å². The molecule has 0 radical (unpaired) electrons. The molecule has 0 bridgehead atoms. The maximum absolute atomic E-state index is 12.3. The van der Waals surface area contributed by atoms with Crippen LogP contribution in [0.15, 0.2) is 24.3 Å². The minimum absolute atomic E-state index is 0.0688. The van der Waals surface area contributed by atoms with Gasteiger partial charge in [-0.05, 0) is 36.0 Å². The van der Waals surface area contributed by atoms with Gasteiger partial charge in [0.2, 0.25) is 0 Å². The molecule has 0 aliphatic carbocycles. The van der Waals surface area contributed by atoms with Crippen LogP contribution in [-0.2, 0) is 11.2 Å². The van der Waals surface area contributed by atoms with Crippen molar-refractivity contribution in [1.82, 2.24) is 4.90 Å². The third-order valence-corrected chi connectivity index (χ3v) is 3.19. The summed E-state index contributed by atoms with van der Waals surface area (Å²) in [7, 11) is 0. The Bertz CT molecular complexity index is 431. The minimum Gasteiger partial charge on any atom is -0.484 e. The molecule has 0 spiro atoms. The first-order valence-corrected chi connectivity index (χ1v) is 7.91. The van der Waals surface area contributed by atoms with Crippen molar-refractivity contribution in [2.24, 2.45) is 11.8 Å². The molecule has 0 aliphatic rings. The maximum atomic E-state index is 12.3. The number of benzene rings is 1. The fourth-order valence-corrected chi connectivity index (χ4v) is 2.25. The molecule has 3 nitrogen and oxygen atoms in total. The highest BCUT2D eigenvalue weighted by Gasteiger charge is 2.16. The van der Waals surface area contributed by atoms with E-state index in [-0.39, 0.29) is 12.5 Å². The molecule has 1 amide bonds. The third kappa shape index (κ3) is 6.65. The second kappa shape index (κ2) is 8.71. The molecule has 0 atom stereocenters. The molecule has 21 heavy (non-hydrogen) atoms. The summed E-state index contributed by atoms with van der Waals surface area (Å²) in [6, 6.07) is 7.95. The van der Waals surface area contributed by atoms with Gasteiger partial charge >= 0.3 is 0 Å². The van der Waals surface area contributed by atoms with E-state index in [9.17, 15) is 4.79 Å². The Morgan fingerprint density at radius 3 is 2.29 bits per heavy atom. The van der Waals surface area contributed by atoms with Crippen LogP contribution in [0.2, 0.25) is 0 Å². The first-order chi connectivity index (χ1) is 9.92. The van der Waals surface area contributed by atoms with Gasteiger partial charge in [-0.3, -0.25) is 4.79 Å². The molecule has 0 saturated heterocycles. The first kappa shape index (κ1) is 17.5. The molecule has 0 heterocycles. The van der Waals surface area contributed by atoms with E-state index in [0.29, 0.717) is 11.8 Å². The molecule has 0 saturated carbocycles. The topological polar surface area (TPSA) is 29.5 Å². The van der Waals surface area contributed by atoms with Crippen molar-refractivity contribution in [1.29, 1.82) is 0 Å². The maximum Gasteiger partial charge on any atom is 0.260 e. The Morgan fingerprint density at radius 1 is 1.14 bits per heavy atom. The predicted octanol–water partition coefficient (Wildman–Crippen LogP) is 3.77. The summed E-state index contributed by atoms with van der Waals surface area (Å²) < 4.78 is 5.66. The predicted molar refractivity (Wildman–Crippen MR) is 87.6 cm³/mol. The number of ether oxygens (including phenoxy) is 1. The lowest BCUT2D eigenvalue weighted by atomic mass is 10.1. The Morgan fingerprint density at radius 2 is 1.76 bits per heavy atom. The van der Waals surface area contributed by atoms with Crippen molar-refractivity contribution >= 4 is 5.91 Å². The molecule has 0 unspecified atom stereocenters. The number of amides is 1. The van der Waals surface area contributed by atoms with E-state index < -0.39 is 0 Å². The van der Waals surface area contributed by atoms with Gasteiger partial charge in [-0.15, -0.1) is 0 Å². The van der Waals surface area contributed by atoms with Crippen LogP contribution in [0.25, 0.3) is 0 Å². The molecule has 1 rings (SSSR count). The lowest BCUT2D eigenvalue weighted by Crippen LogP contribution is -2.39. The number of rotatable bonds is 8. The Balaban J connectivity index is 2.59. The monoisotopic (exact) mass is 291 g/mol. The van der Waals surface area contributed by atoms with Gasteiger partial charge in [0.1, 0.15) is 5.75 Å². The van der Waals surface area contributed by atoms with Crippen molar-refractivity contribution in [3.8, 4) is 5.75 Å². The molecule has 1 aromatic carbocycles. The Kier molecular flexibility index (Phi) is 7.27. The van der Waals surface area contributed by atoms with Gasteiger partial charge in [-0.1, -0.05) is 46.8 Å². The quantitative estimate of drug-likeness (QED) is 0.729. The molecule has 1 aromatic rings. The molecule has 0 N–H and O–H groups in total. The SMILES string of the molecule is CCc1cccc(OCC(=O)N(CC(C)C)CC(C)C)c1. The minimum atomic E-state index is 0.0688. The van der Waals surface area contributed by atoms with E-state index in [1.165, 1.54) is 5.56 Å². The average Bonchev–Trinajstić information content (AvgIpc) is 2.43. The molecule has 0 aromatic heterocycles. The zero-order valence-corrected chi connectivity index (χ0v) is 14.1. The van der Waals surface area contributed by atoms with E-state index in [0.717, 1.165) is 25.3 Å². The van der Waals surface area contributed by atoms with E-state index in [4.69, 9.17) is 4.74 Å². The van der Waals surface area contributed by atoms with Crippen LogP contribution >= 0.6 is 0 Å². The Hall–Kier alpha value is -1.51. The highest BCUT2D eigenvalue weighted by molar-refractivity contribution is 5.77. The van der Waals surface area contributed by atoms with Crippen molar-refractivity contribution < 1.29 is 9.53 Å². The van der Waals surface area contributed by atoms with Crippen molar-refractivity contribution in [2.45, 2.75) is 41.0 Å². The average molecular weight is 291 g/mol. The van der Waals surface area contributed by atoms with Crippen LogP contribution < -0.4 is 4.74 Å². The van der Waals surface area contributed by atoms with Gasteiger partial charge in [-0.25, -0.2) is 0 Å². The highest BCUT2D eigenvalue weighted by Crippen LogP contribution is 2.14. The molecule has 3 heteroatoms. The van der Waals surface area contributed by atoms with Gasteiger partial charge in [0, 0.05) is 13.1 Å². The smallest absolute Gasteiger partial charge is 0.260 e. The van der Waals surface area contributed by atoms with Crippen LogP contribution in [0, 0.1) is 11.8 Å². The zero-order valence-electron chi connectivity index (χ0n) is 14.1. The largest absolute Gasteiger partial charge is 0.484 e. The van der Waals surface area contributed by atoms with E-state index in [1.807, 2.05) is 23.1 Å². The van der Waals surface area contributed by atoms with Gasteiger partial charge in [0.15, 0.2) is 6.61 Å². The number of hydrogen-bond acceptors (Lipinski definition) is 2. The lowest BCUT2D eigenvalue weighted by molar-refractivity contribution is -0.134. The summed E-state index contributed by atoms with van der Waals surface area (Å²) in [5.41, 5.74) is 1.22. The van der Waals surface area contributed by atoms with Gasteiger partial charge in [0.05, 0.1) is 0 Å². The number of nitrogens with zero attached hydrogens (tertiary/aromatic N) is 1. The fraction of sp³-hybridized carbons (Fsp3) is 0.611. The summed E-state index contributed by atoms with van der Waals surface area (Å²) in [5.74, 6) is 1.78. The van der Waals surface area contributed by atoms with Crippen LogP contribution in [0.4, 0.5) is 0 Å². The second-order valence-corrected chi connectivity index (χ2v) is 6.38. The van der Waals surface area contributed by atoms with E-state index >= 15 is 0 Å². The summed E-state index contributed by atoms with van der Waals surface area (Å²) in [6.45, 7) is 12.3. The van der Waals surface area contributed by atoms with E-state index in [2.05, 4.69) is 40.7 Å². The van der Waals surface area contributed by atoms with E-state index in [1.54, 1.807) is 0 Å². The van der Waals surface area contributed by atoms with Crippen LogP contribution in [-0.4, -0.2) is 30.5 Å². The molecular formula is C18H29NO2. The second-order valence-electron chi connectivity index (χ2n) is 6.38. The molecule has 118 valence electrons. The normalized spacial score (nSPS) is 11.0. The van der Waals surface area contributed by atoms with Crippen LogP contribution in [0.1, 0.15) is 40.2 Å². The number of carbonyl (C=O) groups is 1. The van der Waals surface area contributed by atoms with Crippen molar-refractivity contribution in [3.05, 3.63) is 29.8 Å². The fourth-order valence-electron chi connectivity index (χ4n) is 2.25. The van der Waals surface area contributed by atoms with Crippen molar-refractivity contribution in [3.63, 3.8) is 0 Å². The molecule has 0 fully saturated rings. The number of carbonyl (C=O) groups excluding carboxylic acids is 1. The number of hydrogen-bond donors (Lipinski definition) is 0. The van der Waals surface area contributed by atoms with Crippen molar-refractivity contribution in [2.75, 3.05) is 19.7 Å². The molecule has 0 aliphatic heterocycles. The lowest BCUT2D eigenvalue weighted by Gasteiger charge is -2.26. The van der Waals surface area contributed by atoms with Gasteiger partial charge < -0.3 is 9.64 Å². The van der Waals surface area contributed by atoms with Gasteiger partial charge in [0.25, 0.3) is 5.91 Å². The summed E-state index contributed by atoms with van der Waals surface area (Å²) >= 11 is 0. The number of aryl methyl sites for hydroxylation is 1.